The normalized spacial score (nSPS) is 15.0. The summed E-state index contributed by atoms with van der Waals surface area (Å²) in [6, 6.07) is 22.6. The van der Waals surface area contributed by atoms with E-state index in [9.17, 15) is 9.59 Å². The molecule has 44 heavy (non-hydrogen) atoms. The molecule has 9 heteroatoms. The van der Waals surface area contributed by atoms with E-state index in [0.717, 1.165) is 33.3 Å². The SMILES string of the molecule is CCOc1ccc([C@H]2C(C(=O)OC(C)C)=C(C)N=c3s/c(=C/c4c(-c5ccccc5)[nH]c5ccc(OC)cc45)c(=O)n32)cc1. The van der Waals surface area contributed by atoms with Gasteiger partial charge in [-0.2, -0.15) is 0 Å². The molecule has 0 bridgehead atoms. The van der Waals surface area contributed by atoms with E-state index in [-0.39, 0.29) is 11.7 Å². The first-order valence-electron chi connectivity index (χ1n) is 14.5. The number of ether oxygens (including phenoxy) is 3. The van der Waals surface area contributed by atoms with Gasteiger partial charge in [-0.3, -0.25) is 9.36 Å². The number of hydrogen-bond donors (Lipinski definition) is 1. The number of methoxy groups -OCH3 is 1. The van der Waals surface area contributed by atoms with Gasteiger partial charge in [-0.05, 0) is 75.2 Å². The van der Waals surface area contributed by atoms with Crippen LogP contribution in [-0.4, -0.2) is 35.3 Å². The van der Waals surface area contributed by atoms with Crippen molar-refractivity contribution >= 4 is 34.3 Å². The second-order valence-electron chi connectivity index (χ2n) is 10.7. The van der Waals surface area contributed by atoms with Crippen LogP contribution in [0.5, 0.6) is 11.5 Å². The smallest absolute Gasteiger partial charge is 0.338 e. The van der Waals surface area contributed by atoms with Gasteiger partial charge in [-0.1, -0.05) is 53.8 Å². The Morgan fingerprint density at radius 1 is 1.07 bits per heavy atom. The van der Waals surface area contributed by atoms with E-state index in [4.69, 9.17) is 19.2 Å². The van der Waals surface area contributed by atoms with Gasteiger partial charge in [0.15, 0.2) is 4.80 Å². The lowest BCUT2D eigenvalue weighted by atomic mass is 9.96. The molecule has 1 aliphatic heterocycles. The molecule has 1 aliphatic rings. The number of H-pyrrole nitrogens is 1. The first-order valence-corrected chi connectivity index (χ1v) is 15.3. The van der Waals surface area contributed by atoms with Gasteiger partial charge >= 0.3 is 5.97 Å². The quantitative estimate of drug-likeness (QED) is 0.227. The minimum Gasteiger partial charge on any atom is -0.497 e. The van der Waals surface area contributed by atoms with Crippen LogP contribution in [0.4, 0.5) is 0 Å². The highest BCUT2D eigenvalue weighted by atomic mass is 32.1. The van der Waals surface area contributed by atoms with Gasteiger partial charge < -0.3 is 19.2 Å². The zero-order chi connectivity index (χ0) is 31.0. The number of aromatic amines is 1. The van der Waals surface area contributed by atoms with Crippen molar-refractivity contribution in [2.24, 2.45) is 4.99 Å². The molecule has 5 aromatic rings. The number of carbonyl (C=O) groups excluding carboxylic acids is 1. The predicted molar refractivity (Wildman–Crippen MR) is 173 cm³/mol. The molecule has 224 valence electrons. The molecular weight excluding hydrogens is 574 g/mol. The monoisotopic (exact) mass is 607 g/mol. The fraction of sp³-hybridized carbons (Fsp3) is 0.229. The Labute approximate surface area is 258 Å². The molecule has 0 aliphatic carbocycles. The van der Waals surface area contributed by atoms with Crippen LogP contribution in [0.15, 0.2) is 93.9 Å². The summed E-state index contributed by atoms with van der Waals surface area (Å²) >= 11 is 1.30. The number of thiazole rings is 1. The molecule has 0 unspecified atom stereocenters. The van der Waals surface area contributed by atoms with Crippen molar-refractivity contribution in [1.82, 2.24) is 9.55 Å². The van der Waals surface area contributed by atoms with Crippen molar-refractivity contribution in [1.29, 1.82) is 0 Å². The van der Waals surface area contributed by atoms with Crippen molar-refractivity contribution in [2.75, 3.05) is 13.7 Å². The van der Waals surface area contributed by atoms with Crippen LogP contribution in [0.25, 0.3) is 28.2 Å². The van der Waals surface area contributed by atoms with E-state index in [2.05, 4.69) is 4.98 Å². The number of esters is 1. The van der Waals surface area contributed by atoms with E-state index >= 15 is 0 Å². The standard InChI is InChI=1S/C35H33N3O5S/c1-6-42-24-14-12-23(13-15-24)32-30(34(40)43-20(2)3)21(4)36-35-38(32)33(39)29(44-35)19-27-26-18-25(41-5)16-17-28(26)37-31(27)22-10-8-7-9-11-22/h7-20,32,37H,6H2,1-5H3/b29-19+/t32-/m0/s1. The Kier molecular flexibility index (Phi) is 7.97. The number of allylic oxidation sites excluding steroid dienone is 1. The summed E-state index contributed by atoms with van der Waals surface area (Å²) in [6.07, 6.45) is 1.58. The number of carbonyl (C=O) groups is 1. The molecule has 0 saturated heterocycles. The average Bonchev–Trinajstić information content (AvgIpc) is 3.53. The Balaban J connectivity index is 1.59. The number of hydrogen-bond acceptors (Lipinski definition) is 7. The molecule has 8 nitrogen and oxygen atoms in total. The Morgan fingerprint density at radius 3 is 2.48 bits per heavy atom. The summed E-state index contributed by atoms with van der Waals surface area (Å²) in [5.41, 5.74) is 5.03. The van der Waals surface area contributed by atoms with E-state index < -0.39 is 12.0 Å². The maximum atomic E-state index is 14.3. The van der Waals surface area contributed by atoms with Gasteiger partial charge in [0.2, 0.25) is 0 Å². The fourth-order valence-electron chi connectivity index (χ4n) is 5.52. The molecule has 1 atom stereocenters. The van der Waals surface area contributed by atoms with Crippen molar-refractivity contribution in [3.8, 4) is 22.8 Å². The predicted octanol–water partition coefficient (Wildman–Crippen LogP) is 5.74. The lowest BCUT2D eigenvalue weighted by molar-refractivity contribution is -0.143. The number of fused-ring (bicyclic) bond motifs is 2. The molecular formula is C35H33N3O5S. The second-order valence-corrected chi connectivity index (χ2v) is 11.7. The highest BCUT2D eigenvalue weighted by Crippen LogP contribution is 2.34. The van der Waals surface area contributed by atoms with Crippen LogP contribution in [0.3, 0.4) is 0 Å². The number of rotatable bonds is 8. The van der Waals surface area contributed by atoms with E-state index in [1.54, 1.807) is 32.4 Å². The number of benzene rings is 3. The second kappa shape index (κ2) is 12.0. The van der Waals surface area contributed by atoms with Gasteiger partial charge in [0, 0.05) is 16.5 Å². The Hall–Kier alpha value is -4.89. The number of nitrogens with one attached hydrogen (secondary N) is 1. The van der Waals surface area contributed by atoms with Gasteiger partial charge in [0.1, 0.15) is 11.5 Å². The molecule has 0 fully saturated rings. The zero-order valence-corrected chi connectivity index (χ0v) is 26.0. The first kappa shape index (κ1) is 29.2. The van der Waals surface area contributed by atoms with Crippen LogP contribution in [0, 0.1) is 0 Å². The highest BCUT2D eigenvalue weighted by Gasteiger charge is 2.34. The Bertz CT molecular complexity index is 2070. The molecule has 0 radical (unpaired) electrons. The summed E-state index contributed by atoms with van der Waals surface area (Å²) in [4.78, 5) is 36.6. The van der Waals surface area contributed by atoms with Gasteiger partial charge in [-0.15, -0.1) is 0 Å². The van der Waals surface area contributed by atoms with E-state index in [1.165, 1.54) is 11.3 Å². The van der Waals surface area contributed by atoms with Crippen molar-refractivity contribution in [3.05, 3.63) is 115 Å². The molecule has 6 rings (SSSR count). The summed E-state index contributed by atoms with van der Waals surface area (Å²) in [6.45, 7) is 7.84. The van der Waals surface area contributed by atoms with Crippen LogP contribution in [-0.2, 0) is 9.53 Å². The van der Waals surface area contributed by atoms with Gasteiger partial charge in [0.25, 0.3) is 5.56 Å². The maximum Gasteiger partial charge on any atom is 0.338 e. The van der Waals surface area contributed by atoms with Crippen molar-refractivity contribution in [2.45, 2.75) is 39.8 Å². The van der Waals surface area contributed by atoms with Gasteiger partial charge in [-0.25, -0.2) is 9.79 Å². The molecule has 0 amide bonds. The molecule has 0 saturated carbocycles. The third-order valence-electron chi connectivity index (χ3n) is 7.47. The van der Waals surface area contributed by atoms with Crippen LogP contribution in [0.1, 0.15) is 44.9 Å². The molecule has 3 heterocycles. The topological polar surface area (TPSA) is 94.9 Å². The summed E-state index contributed by atoms with van der Waals surface area (Å²) in [7, 11) is 1.63. The minimum absolute atomic E-state index is 0.244. The molecule has 3 aromatic carbocycles. The summed E-state index contributed by atoms with van der Waals surface area (Å²) in [5.74, 6) is 0.926. The molecule has 1 N–H and O–H groups in total. The average molecular weight is 608 g/mol. The largest absolute Gasteiger partial charge is 0.497 e. The van der Waals surface area contributed by atoms with E-state index in [0.29, 0.717) is 38.7 Å². The summed E-state index contributed by atoms with van der Waals surface area (Å²) < 4.78 is 18.9. The maximum absolute atomic E-state index is 14.3. The highest BCUT2D eigenvalue weighted by molar-refractivity contribution is 7.07. The zero-order valence-electron chi connectivity index (χ0n) is 25.2. The first-order chi connectivity index (χ1) is 21.3. The Morgan fingerprint density at radius 2 is 1.80 bits per heavy atom. The molecule has 0 spiro atoms. The third-order valence-corrected chi connectivity index (χ3v) is 8.46. The number of nitrogens with zero attached hydrogens (tertiary/aromatic N) is 2. The van der Waals surface area contributed by atoms with Crippen molar-refractivity contribution in [3.63, 3.8) is 0 Å². The number of aromatic nitrogens is 2. The van der Waals surface area contributed by atoms with Gasteiger partial charge in [0.05, 0.1) is 47.4 Å². The van der Waals surface area contributed by atoms with E-state index in [1.807, 2.05) is 85.8 Å². The van der Waals surface area contributed by atoms with Crippen LogP contribution >= 0.6 is 11.3 Å². The van der Waals surface area contributed by atoms with Crippen LogP contribution < -0.4 is 24.4 Å². The third kappa shape index (κ3) is 5.35. The molecule has 2 aromatic heterocycles. The fourth-order valence-corrected chi connectivity index (χ4v) is 6.55. The summed E-state index contributed by atoms with van der Waals surface area (Å²) in [5, 5.41) is 0.925. The minimum atomic E-state index is -0.716. The lowest BCUT2D eigenvalue weighted by Gasteiger charge is -2.25. The van der Waals surface area contributed by atoms with Crippen molar-refractivity contribution < 1.29 is 19.0 Å². The van der Waals surface area contributed by atoms with Crippen LogP contribution in [0.2, 0.25) is 0 Å². The lowest BCUT2D eigenvalue weighted by Crippen LogP contribution is -2.40.